The average Bonchev–Trinajstić information content (AvgIpc) is 2.43. The van der Waals surface area contributed by atoms with E-state index in [4.69, 9.17) is 4.74 Å². The quantitative estimate of drug-likeness (QED) is 0.358. The van der Waals surface area contributed by atoms with E-state index in [1.165, 1.54) is 0 Å². The van der Waals surface area contributed by atoms with Crippen LogP contribution in [0.4, 0.5) is 0 Å². The standard InChI is InChI=1S/C15H26O9/c1-8(16)11(19)13(4,20)14(5,21)12(23-6)15(22,9(2)17)7-24-10(3)18/h11-12,19-22H,7H2,1-6H3. The zero-order chi connectivity index (χ0) is 19.5. The number of ketones is 2. The predicted octanol–water partition coefficient (Wildman–Crippen LogP) is -1.66. The number of Topliss-reactive ketones (excluding diaryl/α,β-unsaturated/α-hetero) is 2. The molecular weight excluding hydrogens is 324 g/mol. The highest BCUT2D eigenvalue weighted by atomic mass is 16.6. The van der Waals surface area contributed by atoms with Gasteiger partial charge in [-0.15, -0.1) is 0 Å². The summed E-state index contributed by atoms with van der Waals surface area (Å²) >= 11 is 0. The number of rotatable bonds is 9. The van der Waals surface area contributed by atoms with E-state index >= 15 is 0 Å². The van der Waals surface area contributed by atoms with Crippen LogP contribution in [-0.2, 0) is 23.9 Å². The summed E-state index contributed by atoms with van der Waals surface area (Å²) < 4.78 is 9.65. The molecule has 0 radical (unpaired) electrons. The number of carbonyl (C=O) groups is 3. The largest absolute Gasteiger partial charge is 0.462 e. The Morgan fingerprint density at radius 1 is 1.00 bits per heavy atom. The molecule has 0 aliphatic rings. The normalized spacial score (nSPS) is 21.6. The molecule has 0 fully saturated rings. The van der Waals surface area contributed by atoms with Crippen LogP contribution in [0.1, 0.15) is 34.6 Å². The Kier molecular flexibility index (Phi) is 7.22. The number of ether oxygens (including phenoxy) is 2. The van der Waals surface area contributed by atoms with E-state index in [0.29, 0.717) is 0 Å². The first-order valence-electron chi connectivity index (χ1n) is 7.19. The highest BCUT2D eigenvalue weighted by molar-refractivity contribution is 5.86. The molecule has 0 aromatic rings. The van der Waals surface area contributed by atoms with Crippen molar-refractivity contribution in [1.82, 2.24) is 0 Å². The summed E-state index contributed by atoms with van der Waals surface area (Å²) in [5.74, 6) is -2.55. The van der Waals surface area contributed by atoms with Gasteiger partial charge < -0.3 is 29.9 Å². The molecule has 0 heterocycles. The van der Waals surface area contributed by atoms with E-state index in [2.05, 4.69) is 4.74 Å². The Hall–Kier alpha value is -1.39. The van der Waals surface area contributed by atoms with E-state index in [-0.39, 0.29) is 0 Å². The topological polar surface area (TPSA) is 151 Å². The Bertz CT molecular complexity index is 497. The molecule has 9 nitrogen and oxygen atoms in total. The lowest BCUT2D eigenvalue weighted by Gasteiger charge is -2.48. The Labute approximate surface area is 140 Å². The van der Waals surface area contributed by atoms with Crippen LogP contribution in [0.25, 0.3) is 0 Å². The number of aliphatic hydroxyl groups excluding tert-OH is 1. The molecule has 0 bridgehead atoms. The van der Waals surface area contributed by atoms with Crippen molar-refractivity contribution in [2.75, 3.05) is 13.7 Å². The van der Waals surface area contributed by atoms with Crippen molar-refractivity contribution >= 4 is 17.5 Å². The fourth-order valence-electron chi connectivity index (χ4n) is 2.40. The van der Waals surface area contributed by atoms with Gasteiger partial charge in [0.1, 0.15) is 30.0 Å². The molecule has 0 spiro atoms. The zero-order valence-electron chi connectivity index (χ0n) is 14.7. The van der Waals surface area contributed by atoms with Crippen LogP contribution >= 0.6 is 0 Å². The second-order valence-electron chi connectivity index (χ2n) is 6.18. The summed E-state index contributed by atoms with van der Waals surface area (Å²) in [6.07, 6.45) is -3.85. The maximum Gasteiger partial charge on any atom is 0.302 e. The van der Waals surface area contributed by atoms with Crippen LogP contribution in [0.15, 0.2) is 0 Å². The van der Waals surface area contributed by atoms with Gasteiger partial charge in [-0.2, -0.15) is 0 Å². The van der Waals surface area contributed by atoms with E-state index in [1.54, 1.807) is 0 Å². The van der Waals surface area contributed by atoms with Gasteiger partial charge in [-0.25, -0.2) is 0 Å². The first-order chi connectivity index (χ1) is 10.7. The number of hydrogen-bond donors (Lipinski definition) is 4. The van der Waals surface area contributed by atoms with Gasteiger partial charge >= 0.3 is 5.97 Å². The summed E-state index contributed by atoms with van der Waals surface area (Å²) in [5.41, 5.74) is -7.49. The second kappa shape index (κ2) is 7.66. The number of methoxy groups -OCH3 is 1. The van der Waals surface area contributed by atoms with Crippen molar-refractivity contribution in [3.8, 4) is 0 Å². The molecule has 0 rings (SSSR count). The molecular formula is C15H26O9. The third-order valence-corrected chi connectivity index (χ3v) is 4.23. The van der Waals surface area contributed by atoms with Gasteiger partial charge in [-0.05, 0) is 27.7 Å². The molecule has 0 aliphatic heterocycles. The minimum absolute atomic E-state index is 0.792. The van der Waals surface area contributed by atoms with Crippen molar-refractivity contribution in [2.24, 2.45) is 0 Å². The maximum atomic E-state index is 11.9. The zero-order valence-corrected chi connectivity index (χ0v) is 14.7. The molecule has 0 aliphatic carbocycles. The fourth-order valence-corrected chi connectivity index (χ4v) is 2.40. The van der Waals surface area contributed by atoms with E-state index in [1.807, 2.05) is 0 Å². The third kappa shape index (κ3) is 4.17. The molecule has 9 heteroatoms. The first-order valence-corrected chi connectivity index (χ1v) is 7.19. The molecule has 140 valence electrons. The Balaban J connectivity index is 6.03. The molecule has 5 atom stereocenters. The van der Waals surface area contributed by atoms with Gasteiger partial charge in [0.15, 0.2) is 17.2 Å². The third-order valence-electron chi connectivity index (χ3n) is 4.23. The van der Waals surface area contributed by atoms with Gasteiger partial charge in [-0.3, -0.25) is 14.4 Å². The molecule has 0 saturated carbocycles. The molecule has 0 aromatic carbocycles. The second-order valence-corrected chi connectivity index (χ2v) is 6.18. The number of aliphatic hydroxyl groups is 4. The minimum Gasteiger partial charge on any atom is -0.462 e. The average molecular weight is 350 g/mol. The van der Waals surface area contributed by atoms with Crippen molar-refractivity contribution in [3.63, 3.8) is 0 Å². The lowest BCUT2D eigenvalue weighted by atomic mass is 9.70. The number of esters is 1. The maximum absolute atomic E-state index is 11.9. The van der Waals surface area contributed by atoms with Gasteiger partial charge in [0.05, 0.1) is 0 Å². The highest BCUT2D eigenvalue weighted by Crippen LogP contribution is 2.36. The summed E-state index contributed by atoms with van der Waals surface area (Å²) in [6.45, 7) is 4.11. The van der Waals surface area contributed by atoms with Gasteiger partial charge in [-0.1, -0.05) is 0 Å². The molecule has 24 heavy (non-hydrogen) atoms. The molecule has 0 amide bonds. The monoisotopic (exact) mass is 350 g/mol. The van der Waals surface area contributed by atoms with Crippen molar-refractivity contribution in [2.45, 2.75) is 63.6 Å². The van der Waals surface area contributed by atoms with E-state index in [9.17, 15) is 34.8 Å². The van der Waals surface area contributed by atoms with E-state index in [0.717, 1.165) is 41.7 Å². The van der Waals surface area contributed by atoms with Gasteiger partial charge in [0.25, 0.3) is 0 Å². The van der Waals surface area contributed by atoms with Crippen LogP contribution in [-0.4, -0.2) is 80.7 Å². The van der Waals surface area contributed by atoms with Crippen molar-refractivity contribution in [1.29, 1.82) is 0 Å². The van der Waals surface area contributed by atoms with E-state index < -0.39 is 53.2 Å². The van der Waals surface area contributed by atoms with Crippen molar-refractivity contribution in [3.05, 3.63) is 0 Å². The number of hydrogen-bond acceptors (Lipinski definition) is 9. The molecule has 5 unspecified atom stereocenters. The molecule has 0 aromatic heterocycles. The Morgan fingerprint density at radius 3 is 1.75 bits per heavy atom. The smallest absolute Gasteiger partial charge is 0.302 e. The summed E-state index contributed by atoms with van der Waals surface area (Å²) in [5, 5.41) is 41.7. The summed E-state index contributed by atoms with van der Waals surface area (Å²) in [4.78, 5) is 34.3. The van der Waals surface area contributed by atoms with Gasteiger partial charge in [0, 0.05) is 14.0 Å². The van der Waals surface area contributed by atoms with Crippen LogP contribution in [0.5, 0.6) is 0 Å². The Morgan fingerprint density at radius 2 is 1.46 bits per heavy atom. The lowest BCUT2D eigenvalue weighted by molar-refractivity contribution is -0.261. The summed E-state index contributed by atoms with van der Waals surface area (Å²) in [6, 6.07) is 0. The summed E-state index contributed by atoms with van der Waals surface area (Å²) in [7, 11) is 1.04. The highest BCUT2D eigenvalue weighted by Gasteiger charge is 2.61. The van der Waals surface area contributed by atoms with Crippen LogP contribution in [0, 0.1) is 0 Å². The fraction of sp³-hybridized carbons (Fsp3) is 0.800. The first kappa shape index (κ1) is 22.6. The van der Waals surface area contributed by atoms with Crippen LogP contribution in [0.3, 0.4) is 0 Å². The van der Waals surface area contributed by atoms with Crippen LogP contribution < -0.4 is 0 Å². The molecule has 0 saturated heterocycles. The van der Waals surface area contributed by atoms with Crippen LogP contribution in [0.2, 0.25) is 0 Å². The van der Waals surface area contributed by atoms with Gasteiger partial charge in [0.2, 0.25) is 0 Å². The molecule has 4 N–H and O–H groups in total. The SMILES string of the molecule is COC(C(O)(COC(C)=O)C(C)=O)C(C)(O)C(C)(O)C(O)C(C)=O. The minimum atomic E-state index is -2.52. The lowest BCUT2D eigenvalue weighted by Crippen LogP contribution is -2.72. The number of carbonyl (C=O) groups excluding carboxylic acids is 3. The predicted molar refractivity (Wildman–Crippen MR) is 81.0 cm³/mol. The van der Waals surface area contributed by atoms with Crippen molar-refractivity contribution < 1.29 is 44.3 Å².